The lowest BCUT2D eigenvalue weighted by Crippen LogP contribution is -2.51. The van der Waals surface area contributed by atoms with Crippen LogP contribution in [-0.4, -0.2) is 62.3 Å². The van der Waals surface area contributed by atoms with Gasteiger partial charge in [0.05, 0.1) is 4.90 Å². The molecule has 0 bridgehead atoms. The van der Waals surface area contributed by atoms with Crippen LogP contribution in [-0.2, 0) is 37.2 Å². The van der Waals surface area contributed by atoms with Gasteiger partial charge in [0, 0.05) is 32.6 Å². The van der Waals surface area contributed by atoms with Crippen LogP contribution in [0.15, 0.2) is 23.1 Å². The molecule has 26 heavy (non-hydrogen) atoms. The van der Waals surface area contributed by atoms with Gasteiger partial charge in [-0.3, -0.25) is 9.59 Å². The predicted octanol–water partition coefficient (Wildman–Crippen LogP) is 0.961. The Hall–Kier alpha value is -1.93. The number of hydrogen-bond donors (Lipinski definition) is 0. The second-order valence-corrected chi connectivity index (χ2v) is 8.52. The van der Waals surface area contributed by atoms with Gasteiger partial charge in [-0.15, -0.1) is 0 Å². The standard InChI is InChI=1S/C18H24N2O5S/c1-2-18(22)25-13-17(21)19-8-10-20(11-9-19)26(23,24)16-7-6-14-4-3-5-15(14)12-16/h6-7,12H,2-5,8-11,13H2,1H3. The Balaban J connectivity index is 1.60. The minimum absolute atomic E-state index is 0.222. The molecule has 0 atom stereocenters. The van der Waals surface area contributed by atoms with E-state index in [4.69, 9.17) is 4.74 Å². The van der Waals surface area contributed by atoms with Crippen molar-refractivity contribution in [2.24, 2.45) is 0 Å². The number of hydrogen-bond acceptors (Lipinski definition) is 5. The molecule has 3 rings (SSSR count). The normalized spacial score (nSPS) is 17.8. The Kier molecular flexibility index (Phi) is 5.62. The molecule has 1 fully saturated rings. The minimum Gasteiger partial charge on any atom is -0.456 e. The molecule has 1 aromatic rings. The van der Waals surface area contributed by atoms with E-state index < -0.39 is 16.0 Å². The fraction of sp³-hybridized carbons (Fsp3) is 0.556. The molecular formula is C18H24N2O5S. The van der Waals surface area contributed by atoms with Crippen molar-refractivity contribution in [3.05, 3.63) is 29.3 Å². The van der Waals surface area contributed by atoms with Gasteiger partial charge in [0.2, 0.25) is 10.0 Å². The first-order valence-electron chi connectivity index (χ1n) is 8.97. The van der Waals surface area contributed by atoms with Crippen LogP contribution in [0.2, 0.25) is 0 Å². The molecule has 1 heterocycles. The van der Waals surface area contributed by atoms with E-state index in [1.807, 2.05) is 6.07 Å². The number of nitrogens with zero attached hydrogens (tertiary/aromatic N) is 2. The molecule has 1 aromatic carbocycles. The average Bonchev–Trinajstić information content (AvgIpc) is 3.13. The van der Waals surface area contributed by atoms with Gasteiger partial charge in [0.15, 0.2) is 6.61 Å². The first kappa shape index (κ1) is 18.8. The molecule has 1 aliphatic heterocycles. The van der Waals surface area contributed by atoms with Crippen molar-refractivity contribution < 1.29 is 22.7 Å². The SMILES string of the molecule is CCC(=O)OCC(=O)N1CCN(S(=O)(=O)c2ccc3c(c2)CCC3)CC1. The van der Waals surface area contributed by atoms with E-state index in [2.05, 4.69) is 0 Å². The summed E-state index contributed by atoms with van der Waals surface area (Å²) in [5.41, 5.74) is 2.36. The van der Waals surface area contributed by atoms with Gasteiger partial charge >= 0.3 is 5.97 Å². The second kappa shape index (κ2) is 7.75. The van der Waals surface area contributed by atoms with Crippen LogP contribution in [0.25, 0.3) is 0 Å². The second-order valence-electron chi connectivity index (χ2n) is 6.58. The van der Waals surface area contributed by atoms with Crippen LogP contribution >= 0.6 is 0 Å². The Morgan fingerprint density at radius 1 is 1.08 bits per heavy atom. The summed E-state index contributed by atoms with van der Waals surface area (Å²) in [6.07, 6.45) is 3.23. The molecule has 0 unspecified atom stereocenters. The van der Waals surface area contributed by atoms with Gasteiger partial charge in [-0.05, 0) is 42.5 Å². The van der Waals surface area contributed by atoms with E-state index in [-0.39, 0.29) is 32.0 Å². The van der Waals surface area contributed by atoms with E-state index in [0.717, 1.165) is 24.8 Å². The Morgan fingerprint density at radius 2 is 1.77 bits per heavy atom. The molecule has 8 heteroatoms. The quantitative estimate of drug-likeness (QED) is 0.711. The highest BCUT2D eigenvalue weighted by molar-refractivity contribution is 7.89. The zero-order valence-corrected chi connectivity index (χ0v) is 15.8. The van der Waals surface area contributed by atoms with Crippen LogP contribution in [0, 0.1) is 0 Å². The van der Waals surface area contributed by atoms with Gasteiger partial charge < -0.3 is 9.64 Å². The molecule has 2 aliphatic rings. The maximum absolute atomic E-state index is 12.9. The van der Waals surface area contributed by atoms with Gasteiger partial charge in [-0.2, -0.15) is 4.31 Å². The highest BCUT2D eigenvalue weighted by Crippen LogP contribution is 2.26. The largest absolute Gasteiger partial charge is 0.456 e. The highest BCUT2D eigenvalue weighted by atomic mass is 32.2. The zero-order valence-electron chi connectivity index (χ0n) is 14.9. The molecule has 1 saturated heterocycles. The maximum Gasteiger partial charge on any atom is 0.306 e. The highest BCUT2D eigenvalue weighted by Gasteiger charge is 2.31. The number of benzene rings is 1. The van der Waals surface area contributed by atoms with Crippen molar-refractivity contribution in [1.29, 1.82) is 0 Å². The van der Waals surface area contributed by atoms with Crippen molar-refractivity contribution in [2.75, 3.05) is 32.8 Å². The summed E-state index contributed by atoms with van der Waals surface area (Å²) in [7, 11) is -3.55. The zero-order chi connectivity index (χ0) is 18.7. The Labute approximate surface area is 154 Å². The van der Waals surface area contributed by atoms with Gasteiger partial charge in [0.25, 0.3) is 5.91 Å². The molecule has 142 valence electrons. The first-order chi connectivity index (χ1) is 12.4. The van der Waals surface area contributed by atoms with E-state index >= 15 is 0 Å². The van der Waals surface area contributed by atoms with Gasteiger partial charge in [-0.25, -0.2) is 8.42 Å². The summed E-state index contributed by atoms with van der Waals surface area (Å²) in [5, 5.41) is 0. The summed E-state index contributed by atoms with van der Waals surface area (Å²) in [4.78, 5) is 25.1. The van der Waals surface area contributed by atoms with Crippen molar-refractivity contribution in [2.45, 2.75) is 37.5 Å². The fourth-order valence-corrected chi connectivity index (χ4v) is 4.84. The van der Waals surface area contributed by atoms with Crippen molar-refractivity contribution in [3.8, 4) is 0 Å². The topological polar surface area (TPSA) is 84.0 Å². The van der Waals surface area contributed by atoms with Crippen molar-refractivity contribution in [1.82, 2.24) is 9.21 Å². The average molecular weight is 380 g/mol. The Bertz CT molecular complexity index is 798. The molecule has 0 radical (unpaired) electrons. The molecule has 7 nitrogen and oxygen atoms in total. The van der Waals surface area contributed by atoms with Crippen molar-refractivity contribution in [3.63, 3.8) is 0 Å². The number of rotatable bonds is 5. The summed E-state index contributed by atoms with van der Waals surface area (Å²) >= 11 is 0. The third-order valence-electron chi connectivity index (χ3n) is 4.94. The number of ether oxygens (including phenoxy) is 1. The maximum atomic E-state index is 12.9. The number of sulfonamides is 1. The smallest absolute Gasteiger partial charge is 0.306 e. The monoisotopic (exact) mass is 380 g/mol. The third kappa shape index (κ3) is 3.91. The molecular weight excluding hydrogens is 356 g/mol. The van der Waals surface area contributed by atoms with Gasteiger partial charge in [0.1, 0.15) is 0 Å². The number of amides is 1. The van der Waals surface area contributed by atoms with Crippen LogP contribution in [0.4, 0.5) is 0 Å². The lowest BCUT2D eigenvalue weighted by Gasteiger charge is -2.34. The summed E-state index contributed by atoms with van der Waals surface area (Å²) in [5.74, 6) is -0.711. The van der Waals surface area contributed by atoms with Gasteiger partial charge in [-0.1, -0.05) is 13.0 Å². The molecule has 0 saturated carbocycles. The van der Waals surface area contributed by atoms with E-state index in [0.29, 0.717) is 18.0 Å². The molecule has 0 spiro atoms. The summed E-state index contributed by atoms with van der Waals surface area (Å²) in [6, 6.07) is 5.39. The number of carbonyl (C=O) groups is 2. The molecule has 1 aliphatic carbocycles. The van der Waals surface area contributed by atoms with Crippen molar-refractivity contribution >= 4 is 21.9 Å². The minimum atomic E-state index is -3.55. The number of aryl methyl sites for hydroxylation is 2. The number of carbonyl (C=O) groups excluding carboxylic acids is 2. The van der Waals surface area contributed by atoms with E-state index in [1.54, 1.807) is 19.1 Å². The van der Waals surface area contributed by atoms with E-state index in [1.165, 1.54) is 14.8 Å². The fourth-order valence-electron chi connectivity index (χ4n) is 3.37. The lowest BCUT2D eigenvalue weighted by molar-refractivity contribution is -0.152. The number of fused-ring (bicyclic) bond motifs is 1. The van der Waals surface area contributed by atoms with E-state index in [9.17, 15) is 18.0 Å². The lowest BCUT2D eigenvalue weighted by atomic mass is 10.1. The van der Waals surface area contributed by atoms with Crippen LogP contribution in [0.3, 0.4) is 0 Å². The predicted molar refractivity (Wildman–Crippen MR) is 95.1 cm³/mol. The Morgan fingerprint density at radius 3 is 2.46 bits per heavy atom. The number of piperazine rings is 1. The first-order valence-corrected chi connectivity index (χ1v) is 10.4. The molecule has 0 N–H and O–H groups in total. The summed E-state index contributed by atoms with van der Waals surface area (Å²) in [6.45, 7) is 2.46. The van der Waals surface area contributed by atoms with Crippen LogP contribution in [0.5, 0.6) is 0 Å². The molecule has 1 amide bonds. The number of esters is 1. The molecule has 0 aromatic heterocycles. The summed E-state index contributed by atoms with van der Waals surface area (Å²) < 4.78 is 32.0. The third-order valence-corrected chi connectivity index (χ3v) is 6.84. The van der Waals surface area contributed by atoms with Crippen LogP contribution in [0.1, 0.15) is 30.9 Å². The van der Waals surface area contributed by atoms with Crippen LogP contribution < -0.4 is 0 Å².